The van der Waals surface area contributed by atoms with E-state index in [0.717, 1.165) is 16.4 Å². The molecule has 0 bridgehead atoms. The molecule has 0 unspecified atom stereocenters. The summed E-state index contributed by atoms with van der Waals surface area (Å²) in [6, 6.07) is 10.2. The maximum Gasteiger partial charge on any atom is 0.257 e. The fourth-order valence-electron chi connectivity index (χ4n) is 2.86. The molecule has 2 aromatic heterocycles. The summed E-state index contributed by atoms with van der Waals surface area (Å²) in [5.74, 6) is 0.0741. The number of carbonyl (C=O) groups excluding carboxylic acids is 1. The summed E-state index contributed by atoms with van der Waals surface area (Å²) < 4.78 is 15.9. The maximum atomic E-state index is 13.8. The zero-order chi connectivity index (χ0) is 15.8. The first-order valence-electron chi connectivity index (χ1n) is 7.36. The fraction of sp³-hybridized carbons (Fsp3) is 0.176. The molecule has 1 amide bonds. The minimum absolute atomic E-state index is 0.117. The van der Waals surface area contributed by atoms with Crippen molar-refractivity contribution in [1.29, 1.82) is 0 Å². The topological polar surface area (TPSA) is 38.1 Å². The third kappa shape index (κ3) is 2.45. The van der Waals surface area contributed by atoms with Crippen LogP contribution in [0.15, 0.2) is 48.0 Å². The molecule has 4 rings (SSSR count). The van der Waals surface area contributed by atoms with Gasteiger partial charge in [0.05, 0.1) is 28.9 Å². The van der Waals surface area contributed by atoms with Crippen molar-refractivity contribution >= 4 is 17.2 Å². The predicted molar refractivity (Wildman–Crippen MR) is 86.7 cm³/mol. The number of benzene rings is 1. The highest BCUT2D eigenvalue weighted by Gasteiger charge is 2.26. The standard InChI is InChI=1S/C17H14FN3OS/c18-13-5-2-1-4-12(13)17(22)20-7-8-21-14(10-19-16(21)11-20)15-6-3-9-23-15/h1-6,9-10H,7-8,11H2. The number of fused-ring (bicyclic) bond motifs is 1. The second kappa shape index (κ2) is 5.62. The number of hydrogen-bond acceptors (Lipinski definition) is 3. The highest BCUT2D eigenvalue weighted by Crippen LogP contribution is 2.28. The molecule has 0 spiro atoms. The molecule has 1 aromatic carbocycles. The van der Waals surface area contributed by atoms with Gasteiger partial charge in [0.25, 0.3) is 5.91 Å². The summed E-state index contributed by atoms with van der Waals surface area (Å²) in [6.45, 7) is 1.62. The number of imidazole rings is 1. The third-order valence-corrected chi connectivity index (χ3v) is 4.92. The van der Waals surface area contributed by atoms with Crippen LogP contribution < -0.4 is 0 Å². The summed E-state index contributed by atoms with van der Waals surface area (Å²) in [5.41, 5.74) is 1.19. The van der Waals surface area contributed by atoms with Crippen molar-refractivity contribution in [2.24, 2.45) is 0 Å². The number of rotatable bonds is 2. The Morgan fingerprint density at radius 2 is 2.04 bits per heavy atom. The van der Waals surface area contributed by atoms with Crippen molar-refractivity contribution in [3.8, 4) is 10.6 Å². The molecule has 0 N–H and O–H groups in total. The van der Waals surface area contributed by atoms with Crippen molar-refractivity contribution < 1.29 is 9.18 Å². The first-order valence-corrected chi connectivity index (χ1v) is 8.24. The quantitative estimate of drug-likeness (QED) is 0.723. The Labute approximate surface area is 136 Å². The lowest BCUT2D eigenvalue weighted by Crippen LogP contribution is -2.38. The summed E-state index contributed by atoms with van der Waals surface area (Å²) >= 11 is 1.67. The number of halogens is 1. The highest BCUT2D eigenvalue weighted by atomic mass is 32.1. The van der Waals surface area contributed by atoms with Crippen LogP contribution in [0.5, 0.6) is 0 Å². The Hall–Kier alpha value is -2.47. The highest BCUT2D eigenvalue weighted by molar-refractivity contribution is 7.13. The molecule has 23 heavy (non-hydrogen) atoms. The van der Waals surface area contributed by atoms with Gasteiger partial charge >= 0.3 is 0 Å². The largest absolute Gasteiger partial charge is 0.329 e. The third-order valence-electron chi connectivity index (χ3n) is 4.03. The summed E-state index contributed by atoms with van der Waals surface area (Å²) in [4.78, 5) is 19.8. The van der Waals surface area contributed by atoms with Gasteiger partial charge < -0.3 is 9.47 Å². The van der Waals surface area contributed by atoms with E-state index in [1.165, 1.54) is 12.1 Å². The molecule has 3 aromatic rings. The van der Waals surface area contributed by atoms with Crippen molar-refractivity contribution in [1.82, 2.24) is 14.5 Å². The minimum atomic E-state index is -0.481. The van der Waals surface area contributed by atoms with E-state index < -0.39 is 5.82 Å². The van der Waals surface area contributed by atoms with Crippen LogP contribution in [0.4, 0.5) is 4.39 Å². The first-order chi connectivity index (χ1) is 11.2. The van der Waals surface area contributed by atoms with Gasteiger partial charge in [-0.2, -0.15) is 0 Å². The summed E-state index contributed by atoms with van der Waals surface area (Å²) in [5, 5.41) is 2.03. The molecule has 116 valence electrons. The number of aromatic nitrogens is 2. The molecular weight excluding hydrogens is 313 g/mol. The second-order valence-electron chi connectivity index (χ2n) is 5.40. The van der Waals surface area contributed by atoms with Crippen LogP contribution in [0.1, 0.15) is 16.2 Å². The van der Waals surface area contributed by atoms with E-state index in [-0.39, 0.29) is 11.5 Å². The van der Waals surface area contributed by atoms with Crippen molar-refractivity contribution in [2.45, 2.75) is 13.1 Å². The van der Waals surface area contributed by atoms with E-state index in [9.17, 15) is 9.18 Å². The number of carbonyl (C=O) groups is 1. The zero-order valence-corrected chi connectivity index (χ0v) is 13.1. The van der Waals surface area contributed by atoms with Gasteiger partial charge in [0.2, 0.25) is 0 Å². The first kappa shape index (κ1) is 14.1. The van der Waals surface area contributed by atoms with Crippen LogP contribution in [0.25, 0.3) is 10.6 Å². The number of amides is 1. The van der Waals surface area contributed by atoms with Crippen LogP contribution in [-0.4, -0.2) is 26.9 Å². The fourth-order valence-corrected chi connectivity index (χ4v) is 3.60. The summed E-state index contributed by atoms with van der Waals surface area (Å²) in [7, 11) is 0. The normalized spacial score (nSPS) is 13.9. The van der Waals surface area contributed by atoms with Crippen molar-refractivity contribution in [3.05, 3.63) is 65.2 Å². The maximum absolute atomic E-state index is 13.8. The van der Waals surface area contributed by atoms with E-state index >= 15 is 0 Å². The molecule has 1 aliphatic rings. The average Bonchev–Trinajstić information content (AvgIpc) is 3.23. The molecule has 6 heteroatoms. The van der Waals surface area contributed by atoms with Crippen LogP contribution in [0.3, 0.4) is 0 Å². The molecule has 0 saturated carbocycles. The van der Waals surface area contributed by atoms with E-state index in [1.54, 1.807) is 28.4 Å². The van der Waals surface area contributed by atoms with E-state index in [4.69, 9.17) is 0 Å². The SMILES string of the molecule is O=C(c1ccccc1F)N1CCn2c(-c3cccs3)cnc2C1. The van der Waals surface area contributed by atoms with Gasteiger partial charge in [0.1, 0.15) is 11.6 Å². The van der Waals surface area contributed by atoms with E-state index in [1.807, 2.05) is 17.6 Å². The molecule has 0 saturated heterocycles. The lowest BCUT2D eigenvalue weighted by atomic mass is 10.1. The number of hydrogen-bond donors (Lipinski definition) is 0. The van der Waals surface area contributed by atoms with E-state index in [0.29, 0.717) is 19.6 Å². The minimum Gasteiger partial charge on any atom is -0.329 e. The van der Waals surface area contributed by atoms with Crippen LogP contribution in [-0.2, 0) is 13.1 Å². The molecular formula is C17H14FN3OS. The Bertz CT molecular complexity index is 857. The molecule has 1 aliphatic heterocycles. The Morgan fingerprint density at radius 3 is 2.83 bits per heavy atom. The second-order valence-corrected chi connectivity index (χ2v) is 6.34. The van der Waals surface area contributed by atoms with E-state index in [2.05, 4.69) is 15.6 Å². The molecule has 0 atom stereocenters. The predicted octanol–water partition coefficient (Wildman–Crippen LogP) is 3.41. The Kier molecular flexibility index (Phi) is 3.46. The monoisotopic (exact) mass is 327 g/mol. The molecule has 0 radical (unpaired) electrons. The molecule has 0 aliphatic carbocycles. The van der Waals surface area contributed by atoms with Gasteiger partial charge in [-0.3, -0.25) is 4.79 Å². The Balaban J connectivity index is 1.60. The van der Waals surface area contributed by atoms with Gasteiger partial charge in [0.15, 0.2) is 0 Å². The van der Waals surface area contributed by atoms with Gasteiger partial charge in [0, 0.05) is 13.1 Å². The van der Waals surface area contributed by atoms with Crippen LogP contribution in [0, 0.1) is 5.82 Å². The lowest BCUT2D eigenvalue weighted by molar-refractivity contribution is 0.0703. The average molecular weight is 327 g/mol. The van der Waals surface area contributed by atoms with Gasteiger partial charge in [-0.25, -0.2) is 9.37 Å². The molecule has 3 heterocycles. The number of nitrogens with zero attached hydrogens (tertiary/aromatic N) is 3. The van der Waals surface area contributed by atoms with Gasteiger partial charge in [-0.1, -0.05) is 18.2 Å². The lowest BCUT2D eigenvalue weighted by Gasteiger charge is -2.28. The van der Waals surface area contributed by atoms with Crippen molar-refractivity contribution in [2.75, 3.05) is 6.54 Å². The van der Waals surface area contributed by atoms with Crippen LogP contribution >= 0.6 is 11.3 Å². The van der Waals surface area contributed by atoms with Gasteiger partial charge in [-0.05, 0) is 23.6 Å². The molecule has 0 fully saturated rings. The Morgan fingerprint density at radius 1 is 1.17 bits per heavy atom. The van der Waals surface area contributed by atoms with Crippen molar-refractivity contribution in [3.63, 3.8) is 0 Å². The molecule has 4 nitrogen and oxygen atoms in total. The van der Waals surface area contributed by atoms with Gasteiger partial charge in [-0.15, -0.1) is 11.3 Å². The smallest absolute Gasteiger partial charge is 0.257 e. The zero-order valence-electron chi connectivity index (χ0n) is 12.3. The summed E-state index contributed by atoms with van der Waals surface area (Å²) in [6.07, 6.45) is 1.85. The van der Waals surface area contributed by atoms with Crippen LogP contribution in [0.2, 0.25) is 0 Å². The number of thiophene rings is 1.